The van der Waals surface area contributed by atoms with Gasteiger partial charge in [0.25, 0.3) is 0 Å². The van der Waals surface area contributed by atoms with Crippen molar-refractivity contribution in [2.45, 2.75) is 30.5 Å². The molecule has 0 rings (SSSR count). The van der Waals surface area contributed by atoms with Crippen LogP contribution in [0.4, 0.5) is 0 Å². The van der Waals surface area contributed by atoms with E-state index in [1.807, 2.05) is 0 Å². The largest absolute Gasteiger partial charge is 0.481 e. The molecule has 0 saturated heterocycles. The number of aliphatic carboxylic acids is 2. The van der Waals surface area contributed by atoms with Crippen LogP contribution in [0, 0.1) is 5.92 Å². The second-order valence-corrected chi connectivity index (χ2v) is 4.87. The molecule has 16 heavy (non-hydrogen) atoms. The maximum Gasteiger partial charge on any atom is 0.317 e. The van der Waals surface area contributed by atoms with E-state index >= 15 is 0 Å². The lowest BCUT2D eigenvalue weighted by Crippen LogP contribution is -2.35. The first kappa shape index (κ1) is 15.2. The van der Waals surface area contributed by atoms with Gasteiger partial charge in [-0.05, 0) is 6.92 Å². The van der Waals surface area contributed by atoms with Crippen molar-refractivity contribution in [2.75, 3.05) is 6.61 Å². The van der Waals surface area contributed by atoms with Crippen LogP contribution in [-0.2, 0) is 9.59 Å². The Balaban J connectivity index is 4.68. The molecule has 6 nitrogen and oxygen atoms in total. The van der Waals surface area contributed by atoms with Gasteiger partial charge in [-0.15, -0.1) is 11.8 Å². The molecule has 4 unspecified atom stereocenters. The van der Waals surface area contributed by atoms with E-state index < -0.39 is 41.1 Å². The van der Waals surface area contributed by atoms with Crippen LogP contribution in [-0.4, -0.2) is 55.6 Å². The Morgan fingerprint density at radius 3 is 1.94 bits per heavy atom. The molecule has 94 valence electrons. The molecule has 4 atom stereocenters. The molecular weight excluding hydrogens is 236 g/mol. The van der Waals surface area contributed by atoms with Gasteiger partial charge in [0.05, 0.1) is 23.9 Å². The number of carboxylic acid groups (broad SMARTS) is 2. The van der Waals surface area contributed by atoms with Crippen LogP contribution in [0.2, 0.25) is 0 Å². The smallest absolute Gasteiger partial charge is 0.317 e. The highest BCUT2D eigenvalue weighted by atomic mass is 32.2. The van der Waals surface area contributed by atoms with Gasteiger partial charge in [0, 0.05) is 0 Å². The summed E-state index contributed by atoms with van der Waals surface area (Å²) in [6.07, 6.45) is -0.905. The molecule has 7 heteroatoms. The summed E-state index contributed by atoms with van der Waals surface area (Å²) >= 11 is 0.762. The normalized spacial score (nSPS) is 18.5. The molecule has 0 aromatic carbocycles. The lowest BCUT2D eigenvalue weighted by Gasteiger charge is -2.23. The van der Waals surface area contributed by atoms with Crippen LogP contribution in [0.1, 0.15) is 13.8 Å². The Morgan fingerprint density at radius 2 is 1.69 bits per heavy atom. The van der Waals surface area contributed by atoms with Crippen molar-refractivity contribution in [3.63, 3.8) is 0 Å². The number of carboxylic acids is 2. The van der Waals surface area contributed by atoms with Gasteiger partial charge in [0.2, 0.25) is 0 Å². The minimum Gasteiger partial charge on any atom is -0.481 e. The van der Waals surface area contributed by atoms with E-state index in [1.54, 1.807) is 0 Å². The number of carbonyl (C=O) groups is 2. The van der Waals surface area contributed by atoms with Crippen molar-refractivity contribution in [3.05, 3.63) is 0 Å². The molecule has 0 aromatic rings. The molecule has 0 aliphatic carbocycles. The monoisotopic (exact) mass is 252 g/mol. The fraction of sp³-hybridized carbons (Fsp3) is 0.778. The van der Waals surface area contributed by atoms with Crippen LogP contribution in [0.15, 0.2) is 0 Å². The first-order valence-electron chi connectivity index (χ1n) is 4.71. The summed E-state index contributed by atoms with van der Waals surface area (Å²) < 4.78 is 0. The van der Waals surface area contributed by atoms with Gasteiger partial charge in [-0.2, -0.15) is 0 Å². The number of rotatable bonds is 7. The van der Waals surface area contributed by atoms with Gasteiger partial charge >= 0.3 is 11.9 Å². The number of thioether (sulfide) groups is 1. The van der Waals surface area contributed by atoms with Crippen molar-refractivity contribution in [1.29, 1.82) is 0 Å². The standard InChI is InChI=1S/C9H16O6S/c1-4(8(12)13)7(9(14)15)16-6(3-10)5(2)11/h4-7,10-11H,3H2,1-2H3,(H,12,13)(H,14,15). The van der Waals surface area contributed by atoms with E-state index in [0.29, 0.717) is 0 Å². The third-order valence-electron chi connectivity index (χ3n) is 2.13. The minimum absolute atomic E-state index is 0.404. The maximum absolute atomic E-state index is 10.9. The lowest BCUT2D eigenvalue weighted by molar-refractivity contribution is -0.146. The summed E-state index contributed by atoms with van der Waals surface area (Å²) in [5.74, 6) is -3.57. The predicted octanol–water partition coefficient (Wildman–Crippen LogP) is -0.365. The molecular formula is C9H16O6S. The fourth-order valence-electron chi connectivity index (χ4n) is 1.02. The van der Waals surface area contributed by atoms with Gasteiger partial charge in [-0.25, -0.2) is 0 Å². The van der Waals surface area contributed by atoms with Crippen LogP contribution < -0.4 is 0 Å². The Morgan fingerprint density at radius 1 is 1.19 bits per heavy atom. The molecule has 0 bridgehead atoms. The Labute approximate surface area is 97.3 Å². The summed E-state index contributed by atoms with van der Waals surface area (Å²) in [7, 11) is 0. The van der Waals surface area contributed by atoms with Gasteiger partial charge in [0.15, 0.2) is 0 Å². The second-order valence-electron chi connectivity index (χ2n) is 3.48. The highest BCUT2D eigenvalue weighted by molar-refractivity contribution is 8.01. The van der Waals surface area contributed by atoms with Gasteiger partial charge in [-0.1, -0.05) is 6.92 Å². The van der Waals surface area contributed by atoms with Crippen LogP contribution in [0.5, 0.6) is 0 Å². The zero-order valence-corrected chi connectivity index (χ0v) is 9.85. The van der Waals surface area contributed by atoms with Crippen molar-refractivity contribution in [3.8, 4) is 0 Å². The Hall–Kier alpha value is -0.790. The molecule has 0 fully saturated rings. The summed E-state index contributed by atoms with van der Waals surface area (Å²) in [5, 5.41) is 33.9. The second kappa shape index (κ2) is 6.72. The number of aliphatic hydroxyl groups is 2. The summed E-state index contributed by atoms with van der Waals surface area (Å²) in [6.45, 7) is 2.29. The van der Waals surface area contributed by atoms with Gasteiger partial charge in [-0.3, -0.25) is 9.59 Å². The molecule has 4 N–H and O–H groups in total. The van der Waals surface area contributed by atoms with Crippen LogP contribution >= 0.6 is 11.8 Å². The summed E-state index contributed by atoms with van der Waals surface area (Å²) in [6, 6.07) is 0. The Kier molecular flexibility index (Phi) is 6.39. The first-order valence-corrected chi connectivity index (χ1v) is 5.65. The molecule has 0 spiro atoms. The van der Waals surface area contributed by atoms with E-state index in [9.17, 15) is 14.7 Å². The molecule has 0 heterocycles. The van der Waals surface area contributed by atoms with E-state index in [1.165, 1.54) is 13.8 Å². The Bertz CT molecular complexity index is 254. The lowest BCUT2D eigenvalue weighted by atomic mass is 10.1. The average molecular weight is 252 g/mol. The SMILES string of the molecule is CC(O)C(CO)SC(C(=O)O)C(C)C(=O)O. The minimum atomic E-state index is -1.26. The third-order valence-corrected chi connectivity index (χ3v) is 3.92. The quantitative estimate of drug-likeness (QED) is 0.489. The maximum atomic E-state index is 10.9. The van der Waals surface area contributed by atoms with Crippen molar-refractivity contribution in [2.24, 2.45) is 5.92 Å². The zero-order valence-electron chi connectivity index (χ0n) is 9.03. The fourth-order valence-corrected chi connectivity index (χ4v) is 2.18. The highest BCUT2D eigenvalue weighted by Crippen LogP contribution is 2.26. The predicted molar refractivity (Wildman–Crippen MR) is 58.4 cm³/mol. The highest BCUT2D eigenvalue weighted by Gasteiger charge is 2.33. The van der Waals surface area contributed by atoms with Crippen molar-refractivity contribution < 1.29 is 30.0 Å². The topological polar surface area (TPSA) is 115 Å². The molecule has 0 amide bonds. The number of hydrogen-bond donors (Lipinski definition) is 4. The van der Waals surface area contributed by atoms with Crippen LogP contribution in [0.25, 0.3) is 0 Å². The third kappa shape index (κ3) is 4.38. The molecule has 0 aliphatic rings. The zero-order chi connectivity index (χ0) is 12.9. The van der Waals surface area contributed by atoms with Gasteiger partial charge < -0.3 is 20.4 Å². The van der Waals surface area contributed by atoms with E-state index in [2.05, 4.69) is 0 Å². The average Bonchev–Trinajstić information content (AvgIpc) is 2.17. The van der Waals surface area contributed by atoms with E-state index in [-0.39, 0.29) is 0 Å². The molecule has 0 saturated carbocycles. The van der Waals surface area contributed by atoms with E-state index in [0.717, 1.165) is 11.8 Å². The summed E-state index contributed by atoms with van der Waals surface area (Å²) in [4.78, 5) is 21.6. The number of hydrogen-bond acceptors (Lipinski definition) is 5. The van der Waals surface area contributed by atoms with Gasteiger partial charge in [0.1, 0.15) is 5.25 Å². The molecule has 0 radical (unpaired) electrons. The van der Waals surface area contributed by atoms with Crippen LogP contribution in [0.3, 0.4) is 0 Å². The van der Waals surface area contributed by atoms with E-state index in [4.69, 9.17) is 15.3 Å². The number of aliphatic hydroxyl groups excluding tert-OH is 2. The molecule has 0 aliphatic heterocycles. The first-order chi connectivity index (χ1) is 7.31. The summed E-state index contributed by atoms with van der Waals surface area (Å²) in [5.41, 5.74) is 0. The van der Waals surface area contributed by atoms with Crippen molar-refractivity contribution >= 4 is 23.7 Å². The van der Waals surface area contributed by atoms with Crippen molar-refractivity contribution in [1.82, 2.24) is 0 Å². The molecule has 0 aromatic heterocycles.